The van der Waals surface area contributed by atoms with E-state index in [2.05, 4.69) is 5.32 Å². The number of fused-ring (bicyclic) bond motifs is 1. The smallest absolute Gasteiger partial charge is 0.322 e. The number of phenolic OH excluding ortho intramolecular Hbond substituents is 1. The van der Waals surface area contributed by atoms with E-state index < -0.39 is 0 Å². The van der Waals surface area contributed by atoms with Crippen LogP contribution in [0, 0.1) is 0 Å². The maximum Gasteiger partial charge on any atom is 0.322 e. The van der Waals surface area contributed by atoms with Crippen LogP contribution >= 0.6 is 0 Å². The number of nitrogens with one attached hydrogen (secondary N) is 1. The predicted molar refractivity (Wildman–Crippen MR) is 77.7 cm³/mol. The molecule has 102 valence electrons. The number of benzene rings is 2. The summed E-state index contributed by atoms with van der Waals surface area (Å²) in [6.45, 7) is 1.22. The van der Waals surface area contributed by atoms with Crippen LogP contribution in [0.4, 0.5) is 10.5 Å². The molecular weight excluding hydrogens is 252 g/mol. The summed E-state index contributed by atoms with van der Waals surface area (Å²) in [7, 11) is 0. The molecule has 2 amide bonds. The topological polar surface area (TPSA) is 52.6 Å². The minimum absolute atomic E-state index is 0.106. The van der Waals surface area contributed by atoms with Gasteiger partial charge in [0.25, 0.3) is 0 Å². The molecule has 0 saturated heterocycles. The van der Waals surface area contributed by atoms with Gasteiger partial charge < -0.3 is 15.3 Å². The summed E-state index contributed by atoms with van der Waals surface area (Å²) in [5.74, 6) is 0.245. The van der Waals surface area contributed by atoms with E-state index in [1.54, 1.807) is 17.0 Å². The summed E-state index contributed by atoms with van der Waals surface area (Å²) in [5, 5.41) is 12.4. The minimum atomic E-state index is -0.106. The number of hydrogen-bond donors (Lipinski definition) is 2. The quantitative estimate of drug-likeness (QED) is 0.835. The van der Waals surface area contributed by atoms with Crippen molar-refractivity contribution in [3.05, 3.63) is 59.7 Å². The molecule has 4 heteroatoms. The van der Waals surface area contributed by atoms with Crippen molar-refractivity contribution in [3.8, 4) is 5.75 Å². The molecule has 0 bridgehead atoms. The summed E-state index contributed by atoms with van der Waals surface area (Å²) in [6, 6.07) is 14.7. The van der Waals surface area contributed by atoms with E-state index >= 15 is 0 Å². The molecule has 0 aromatic heterocycles. The van der Waals surface area contributed by atoms with Crippen LogP contribution in [0.3, 0.4) is 0 Å². The minimum Gasteiger partial charge on any atom is -0.508 e. The van der Waals surface area contributed by atoms with E-state index in [9.17, 15) is 9.90 Å². The molecule has 2 aromatic rings. The Bertz CT molecular complexity index is 626. The maximum atomic E-state index is 12.2. The fourth-order valence-electron chi connectivity index (χ4n) is 2.44. The number of carbonyl (C=O) groups excluding carboxylic acids is 1. The largest absolute Gasteiger partial charge is 0.508 e. The lowest BCUT2D eigenvalue weighted by Crippen LogP contribution is -2.38. The summed E-state index contributed by atoms with van der Waals surface area (Å²) < 4.78 is 0. The van der Waals surface area contributed by atoms with Crippen molar-refractivity contribution >= 4 is 11.7 Å². The van der Waals surface area contributed by atoms with Crippen LogP contribution < -0.4 is 5.32 Å². The molecule has 2 aromatic carbocycles. The molecule has 1 heterocycles. The average Bonchev–Trinajstić information content (AvgIpc) is 2.47. The van der Waals surface area contributed by atoms with E-state index in [1.807, 2.05) is 36.4 Å². The number of aromatic hydroxyl groups is 1. The van der Waals surface area contributed by atoms with Gasteiger partial charge in [-0.15, -0.1) is 0 Å². The van der Waals surface area contributed by atoms with Gasteiger partial charge in [0.1, 0.15) is 5.75 Å². The van der Waals surface area contributed by atoms with Gasteiger partial charge in [-0.2, -0.15) is 0 Å². The maximum absolute atomic E-state index is 12.2. The van der Waals surface area contributed by atoms with E-state index in [4.69, 9.17) is 0 Å². The van der Waals surface area contributed by atoms with Crippen molar-refractivity contribution < 1.29 is 9.90 Å². The first-order valence-electron chi connectivity index (χ1n) is 6.64. The molecule has 3 rings (SSSR count). The van der Waals surface area contributed by atoms with Crippen molar-refractivity contribution in [1.29, 1.82) is 0 Å². The van der Waals surface area contributed by atoms with Gasteiger partial charge in [-0.3, -0.25) is 0 Å². The molecule has 4 nitrogen and oxygen atoms in total. The summed E-state index contributed by atoms with van der Waals surface area (Å²) in [4.78, 5) is 14.0. The van der Waals surface area contributed by atoms with Gasteiger partial charge in [-0.05, 0) is 41.8 Å². The fourth-order valence-corrected chi connectivity index (χ4v) is 2.44. The monoisotopic (exact) mass is 268 g/mol. The number of phenols is 1. The third-order valence-corrected chi connectivity index (χ3v) is 3.51. The number of para-hydroxylation sites is 1. The second kappa shape index (κ2) is 5.25. The lowest BCUT2D eigenvalue weighted by molar-refractivity contribution is 0.206. The fraction of sp³-hybridized carbons (Fsp3) is 0.188. The van der Waals surface area contributed by atoms with Crippen molar-refractivity contribution in [2.24, 2.45) is 0 Å². The van der Waals surface area contributed by atoms with Crippen molar-refractivity contribution in [2.75, 3.05) is 11.9 Å². The van der Waals surface area contributed by atoms with Crippen LogP contribution in [0.5, 0.6) is 5.75 Å². The zero-order valence-corrected chi connectivity index (χ0v) is 11.0. The lowest BCUT2D eigenvalue weighted by atomic mass is 10.00. The molecule has 0 fully saturated rings. The molecule has 0 radical (unpaired) electrons. The Morgan fingerprint density at radius 3 is 2.70 bits per heavy atom. The highest BCUT2D eigenvalue weighted by Crippen LogP contribution is 2.23. The first-order valence-corrected chi connectivity index (χ1v) is 6.64. The second-order valence-electron chi connectivity index (χ2n) is 4.92. The molecule has 2 N–H and O–H groups in total. The standard InChI is InChI=1S/C16H16N2O2/c19-15-7-6-12-8-9-18(11-13(12)10-15)16(20)17-14-4-2-1-3-5-14/h1-7,10,19H,8-9,11H2,(H,17,20). The zero-order valence-electron chi connectivity index (χ0n) is 11.0. The Hall–Kier alpha value is -2.49. The molecule has 1 aliphatic heterocycles. The third kappa shape index (κ3) is 2.59. The number of rotatable bonds is 1. The van der Waals surface area contributed by atoms with Gasteiger partial charge in [0, 0.05) is 18.8 Å². The van der Waals surface area contributed by atoms with Gasteiger partial charge in [-0.1, -0.05) is 24.3 Å². The Labute approximate surface area is 117 Å². The van der Waals surface area contributed by atoms with E-state index in [-0.39, 0.29) is 11.8 Å². The Kier molecular flexibility index (Phi) is 3.29. The molecule has 0 atom stereocenters. The molecule has 20 heavy (non-hydrogen) atoms. The number of amides is 2. The van der Waals surface area contributed by atoms with Gasteiger partial charge in [0.2, 0.25) is 0 Å². The normalized spacial score (nSPS) is 13.7. The Morgan fingerprint density at radius 1 is 1.10 bits per heavy atom. The van der Waals surface area contributed by atoms with E-state index in [0.717, 1.165) is 17.7 Å². The average molecular weight is 268 g/mol. The van der Waals surface area contributed by atoms with Crippen LogP contribution in [0.15, 0.2) is 48.5 Å². The molecular formula is C16H16N2O2. The first kappa shape index (κ1) is 12.5. The highest BCUT2D eigenvalue weighted by atomic mass is 16.3. The first-order chi connectivity index (χ1) is 9.72. The molecule has 1 aliphatic rings. The van der Waals surface area contributed by atoms with Gasteiger partial charge >= 0.3 is 6.03 Å². The van der Waals surface area contributed by atoms with Crippen molar-refractivity contribution in [1.82, 2.24) is 4.90 Å². The number of urea groups is 1. The molecule has 0 saturated carbocycles. The van der Waals surface area contributed by atoms with Crippen LogP contribution in [0.25, 0.3) is 0 Å². The molecule has 0 unspecified atom stereocenters. The van der Waals surface area contributed by atoms with Crippen molar-refractivity contribution in [3.63, 3.8) is 0 Å². The third-order valence-electron chi connectivity index (χ3n) is 3.51. The highest BCUT2D eigenvalue weighted by Gasteiger charge is 2.20. The van der Waals surface area contributed by atoms with E-state index in [1.165, 1.54) is 5.56 Å². The number of carbonyl (C=O) groups is 1. The molecule has 0 aliphatic carbocycles. The Morgan fingerprint density at radius 2 is 1.90 bits per heavy atom. The lowest BCUT2D eigenvalue weighted by Gasteiger charge is -2.29. The predicted octanol–water partition coefficient (Wildman–Crippen LogP) is 2.98. The molecule has 0 spiro atoms. The summed E-state index contributed by atoms with van der Waals surface area (Å²) in [5.41, 5.74) is 3.00. The SMILES string of the molecule is O=C(Nc1ccccc1)N1CCc2ccc(O)cc2C1. The Balaban J connectivity index is 1.72. The second-order valence-corrected chi connectivity index (χ2v) is 4.92. The summed E-state index contributed by atoms with van der Waals surface area (Å²) >= 11 is 0. The van der Waals surface area contributed by atoms with Gasteiger partial charge in [0.15, 0.2) is 0 Å². The van der Waals surface area contributed by atoms with Crippen LogP contribution in [0.2, 0.25) is 0 Å². The number of anilines is 1. The zero-order chi connectivity index (χ0) is 13.9. The van der Waals surface area contributed by atoms with Gasteiger partial charge in [-0.25, -0.2) is 4.79 Å². The van der Waals surface area contributed by atoms with Crippen LogP contribution in [-0.4, -0.2) is 22.6 Å². The number of nitrogens with zero attached hydrogens (tertiary/aromatic N) is 1. The highest BCUT2D eigenvalue weighted by molar-refractivity contribution is 5.89. The van der Waals surface area contributed by atoms with E-state index in [0.29, 0.717) is 13.1 Å². The summed E-state index contributed by atoms with van der Waals surface area (Å²) in [6.07, 6.45) is 0.817. The van der Waals surface area contributed by atoms with Crippen molar-refractivity contribution in [2.45, 2.75) is 13.0 Å². The van der Waals surface area contributed by atoms with Crippen LogP contribution in [-0.2, 0) is 13.0 Å². The van der Waals surface area contributed by atoms with Gasteiger partial charge in [0.05, 0.1) is 0 Å². The van der Waals surface area contributed by atoms with Crippen LogP contribution in [0.1, 0.15) is 11.1 Å². The number of hydrogen-bond acceptors (Lipinski definition) is 2.